The fraction of sp³-hybridized carbons (Fsp3) is 0.550. The molecule has 1 aliphatic carbocycles. The Morgan fingerprint density at radius 1 is 1.38 bits per heavy atom. The van der Waals surface area contributed by atoms with E-state index in [9.17, 15) is 9.59 Å². The second-order valence-corrected chi connectivity index (χ2v) is 9.06. The maximum absolute atomic E-state index is 13.4. The highest BCUT2D eigenvalue weighted by molar-refractivity contribution is 7.17. The van der Waals surface area contributed by atoms with E-state index in [2.05, 4.69) is 17.3 Å². The molecule has 1 saturated heterocycles. The molecule has 2 amide bonds. The lowest BCUT2D eigenvalue weighted by molar-refractivity contribution is 0.0303. The van der Waals surface area contributed by atoms with Crippen molar-refractivity contribution in [3.8, 4) is 0 Å². The van der Waals surface area contributed by atoms with Crippen LogP contribution in [0.3, 0.4) is 0 Å². The summed E-state index contributed by atoms with van der Waals surface area (Å²) < 4.78 is 6.84. The summed E-state index contributed by atoms with van der Waals surface area (Å²) in [5.41, 5.74) is 2.03. The molecule has 0 radical (unpaired) electrons. The highest BCUT2D eigenvalue weighted by Crippen LogP contribution is 2.41. The van der Waals surface area contributed by atoms with E-state index in [1.165, 1.54) is 27.1 Å². The topological polar surface area (TPSA) is 76.5 Å². The molecular formula is C20H25ClN4O3S. The number of amides is 2. The smallest absolute Gasteiger partial charge is 0.276 e. The standard InChI is InChI=1S/C20H25ClN4O3S/c1-3-12-4-5-13-15(10-12)29-19(16(13)20(27)25-6-8-28-9-7-25)23-18(26)17-14(21)11-22-24(17)2/h11-12H,3-10H2,1-2H3,(H,23,26). The highest BCUT2D eigenvalue weighted by atomic mass is 35.5. The minimum absolute atomic E-state index is 0.0212. The summed E-state index contributed by atoms with van der Waals surface area (Å²) in [6.45, 7) is 4.44. The number of thiophene rings is 1. The van der Waals surface area contributed by atoms with Crippen LogP contribution in [-0.4, -0.2) is 52.8 Å². The van der Waals surface area contributed by atoms with Crippen LogP contribution in [-0.2, 0) is 24.6 Å². The number of rotatable bonds is 4. The van der Waals surface area contributed by atoms with Crippen molar-refractivity contribution < 1.29 is 14.3 Å². The number of morpholine rings is 1. The number of anilines is 1. The van der Waals surface area contributed by atoms with Crippen LogP contribution in [0.2, 0.25) is 5.02 Å². The van der Waals surface area contributed by atoms with Crippen molar-refractivity contribution in [2.75, 3.05) is 31.6 Å². The van der Waals surface area contributed by atoms with Gasteiger partial charge in [0.1, 0.15) is 10.7 Å². The van der Waals surface area contributed by atoms with Gasteiger partial charge in [0.25, 0.3) is 11.8 Å². The van der Waals surface area contributed by atoms with Crippen molar-refractivity contribution in [3.63, 3.8) is 0 Å². The van der Waals surface area contributed by atoms with Gasteiger partial charge in [-0.15, -0.1) is 11.3 Å². The molecule has 2 aliphatic rings. The van der Waals surface area contributed by atoms with Gasteiger partial charge in [-0.3, -0.25) is 14.3 Å². The minimum atomic E-state index is -0.350. The van der Waals surface area contributed by atoms with Crippen LogP contribution < -0.4 is 5.32 Å². The lowest BCUT2D eigenvalue weighted by Gasteiger charge is -2.28. The second-order valence-electron chi connectivity index (χ2n) is 7.55. The molecule has 1 atom stereocenters. The largest absolute Gasteiger partial charge is 0.378 e. The zero-order chi connectivity index (χ0) is 20.5. The predicted octanol–water partition coefficient (Wildman–Crippen LogP) is 3.37. The van der Waals surface area contributed by atoms with Crippen molar-refractivity contribution in [2.24, 2.45) is 13.0 Å². The lowest BCUT2D eigenvalue weighted by atomic mass is 9.85. The summed E-state index contributed by atoms with van der Waals surface area (Å²) in [4.78, 5) is 29.3. The normalized spacial score (nSPS) is 19.1. The van der Waals surface area contributed by atoms with Crippen LogP contribution in [0.4, 0.5) is 5.00 Å². The van der Waals surface area contributed by atoms with Crippen LogP contribution >= 0.6 is 22.9 Å². The van der Waals surface area contributed by atoms with E-state index in [0.717, 1.165) is 31.2 Å². The quantitative estimate of drug-likeness (QED) is 0.797. The van der Waals surface area contributed by atoms with Gasteiger partial charge in [0, 0.05) is 25.0 Å². The minimum Gasteiger partial charge on any atom is -0.378 e. The fourth-order valence-corrected chi connectivity index (χ4v) is 5.67. The van der Waals surface area contributed by atoms with Gasteiger partial charge in [-0.25, -0.2) is 0 Å². The molecule has 4 rings (SSSR count). The molecule has 2 aromatic heterocycles. The number of hydrogen-bond donors (Lipinski definition) is 1. The van der Waals surface area contributed by atoms with Crippen molar-refractivity contribution in [1.29, 1.82) is 0 Å². The van der Waals surface area contributed by atoms with Gasteiger partial charge in [-0.05, 0) is 30.7 Å². The van der Waals surface area contributed by atoms with E-state index in [-0.39, 0.29) is 17.5 Å². The van der Waals surface area contributed by atoms with Crippen LogP contribution in [0.25, 0.3) is 0 Å². The number of aromatic nitrogens is 2. The number of nitrogens with one attached hydrogen (secondary N) is 1. The molecule has 0 bridgehead atoms. The number of hydrogen-bond acceptors (Lipinski definition) is 5. The van der Waals surface area contributed by atoms with Crippen molar-refractivity contribution in [1.82, 2.24) is 14.7 Å². The molecule has 1 aliphatic heterocycles. The van der Waals surface area contributed by atoms with E-state index in [4.69, 9.17) is 16.3 Å². The van der Waals surface area contributed by atoms with E-state index < -0.39 is 0 Å². The summed E-state index contributed by atoms with van der Waals surface area (Å²) in [5, 5.41) is 7.90. The average Bonchev–Trinajstić information content (AvgIpc) is 3.26. The van der Waals surface area contributed by atoms with E-state index >= 15 is 0 Å². The van der Waals surface area contributed by atoms with Crippen LogP contribution in [0.15, 0.2) is 6.20 Å². The fourth-order valence-electron chi connectivity index (χ4n) is 4.07. The van der Waals surface area contributed by atoms with Gasteiger partial charge >= 0.3 is 0 Å². The monoisotopic (exact) mass is 436 g/mol. The molecule has 2 aromatic rings. The first kappa shape index (κ1) is 20.4. The summed E-state index contributed by atoms with van der Waals surface area (Å²) in [7, 11) is 1.67. The van der Waals surface area contributed by atoms with Gasteiger partial charge < -0.3 is 15.0 Å². The number of ether oxygens (including phenoxy) is 1. The van der Waals surface area contributed by atoms with Crippen LogP contribution in [0.1, 0.15) is 51.1 Å². The maximum atomic E-state index is 13.4. The van der Waals surface area contributed by atoms with Gasteiger partial charge in [0.15, 0.2) is 0 Å². The zero-order valence-electron chi connectivity index (χ0n) is 16.7. The Labute approximate surface area is 179 Å². The second kappa shape index (κ2) is 8.45. The van der Waals surface area contributed by atoms with Gasteiger partial charge in [0.2, 0.25) is 0 Å². The molecule has 3 heterocycles. The number of carbonyl (C=O) groups is 2. The molecular weight excluding hydrogens is 412 g/mol. The van der Waals surface area contributed by atoms with E-state index in [1.807, 2.05) is 4.90 Å². The van der Waals surface area contributed by atoms with Crippen LogP contribution in [0.5, 0.6) is 0 Å². The Kier molecular flexibility index (Phi) is 5.94. The zero-order valence-corrected chi connectivity index (χ0v) is 18.2. The molecule has 7 nitrogen and oxygen atoms in total. The van der Waals surface area contributed by atoms with Gasteiger partial charge in [-0.1, -0.05) is 24.9 Å². The molecule has 0 spiro atoms. The Bertz CT molecular complexity index is 913. The Balaban J connectivity index is 1.69. The third-order valence-corrected chi connectivity index (χ3v) is 7.24. The predicted molar refractivity (Wildman–Crippen MR) is 113 cm³/mol. The summed E-state index contributed by atoms with van der Waals surface area (Å²) in [6, 6.07) is 0. The van der Waals surface area contributed by atoms with Crippen molar-refractivity contribution >= 4 is 39.8 Å². The summed E-state index contributed by atoms with van der Waals surface area (Å²) in [5.74, 6) is 0.256. The first-order valence-electron chi connectivity index (χ1n) is 10.00. The van der Waals surface area contributed by atoms with Crippen molar-refractivity contribution in [3.05, 3.63) is 32.9 Å². The Morgan fingerprint density at radius 2 is 2.14 bits per heavy atom. The van der Waals surface area contributed by atoms with Gasteiger partial charge in [-0.2, -0.15) is 5.10 Å². The first-order chi connectivity index (χ1) is 14.0. The Hall–Kier alpha value is -1.90. The van der Waals surface area contributed by atoms with Crippen LogP contribution in [0, 0.1) is 5.92 Å². The molecule has 0 aromatic carbocycles. The summed E-state index contributed by atoms with van der Waals surface area (Å²) >= 11 is 7.67. The highest BCUT2D eigenvalue weighted by Gasteiger charge is 2.32. The molecule has 1 fully saturated rings. The first-order valence-corrected chi connectivity index (χ1v) is 11.2. The average molecular weight is 437 g/mol. The molecule has 0 saturated carbocycles. The SMILES string of the molecule is CCC1CCc2c(sc(NC(=O)c3c(Cl)cnn3C)c2C(=O)N2CCOCC2)C1. The number of fused-ring (bicyclic) bond motifs is 1. The molecule has 156 valence electrons. The lowest BCUT2D eigenvalue weighted by Crippen LogP contribution is -2.41. The molecule has 1 unspecified atom stereocenters. The maximum Gasteiger partial charge on any atom is 0.276 e. The van der Waals surface area contributed by atoms with Gasteiger partial charge in [0.05, 0.1) is 30.0 Å². The van der Waals surface area contributed by atoms with E-state index in [0.29, 0.717) is 47.8 Å². The molecule has 29 heavy (non-hydrogen) atoms. The number of nitrogens with zero attached hydrogens (tertiary/aromatic N) is 3. The molecule has 1 N–H and O–H groups in total. The third kappa shape index (κ3) is 3.93. The molecule has 9 heteroatoms. The number of aryl methyl sites for hydroxylation is 1. The van der Waals surface area contributed by atoms with Crippen molar-refractivity contribution in [2.45, 2.75) is 32.6 Å². The third-order valence-electron chi connectivity index (χ3n) is 5.79. The number of carbonyl (C=O) groups excluding carboxylic acids is 2. The summed E-state index contributed by atoms with van der Waals surface area (Å²) in [6.07, 6.45) is 5.48. The number of halogens is 1. The Morgan fingerprint density at radius 3 is 2.79 bits per heavy atom. The van der Waals surface area contributed by atoms with E-state index in [1.54, 1.807) is 7.05 Å².